The van der Waals surface area contributed by atoms with Gasteiger partial charge in [-0.2, -0.15) is 5.10 Å². The van der Waals surface area contributed by atoms with Crippen LogP contribution in [0, 0.1) is 6.92 Å². The molecular weight excluding hydrogens is 246 g/mol. The van der Waals surface area contributed by atoms with Crippen molar-refractivity contribution in [2.45, 2.75) is 32.2 Å². The van der Waals surface area contributed by atoms with Crippen LogP contribution in [0.1, 0.15) is 25.1 Å². The lowest BCUT2D eigenvalue weighted by Gasteiger charge is -2.35. The maximum atomic E-state index is 11.6. The number of nitrogens with one attached hydrogen (secondary N) is 1. The number of anilines is 1. The molecule has 2 N–H and O–H groups in total. The molecule has 0 bridgehead atoms. The maximum absolute atomic E-state index is 11.6. The van der Waals surface area contributed by atoms with Crippen molar-refractivity contribution >= 4 is 11.5 Å². The third-order valence-electron chi connectivity index (χ3n) is 3.69. The molecule has 7 nitrogen and oxygen atoms in total. The molecule has 1 aliphatic heterocycles. The number of H-pyrrole nitrogens is 1. The van der Waals surface area contributed by atoms with Crippen molar-refractivity contribution in [2.24, 2.45) is 0 Å². The summed E-state index contributed by atoms with van der Waals surface area (Å²) >= 11 is 0. The Labute approximate surface area is 109 Å². The average Bonchev–Trinajstić information content (AvgIpc) is 2.80. The van der Waals surface area contributed by atoms with E-state index in [0.29, 0.717) is 11.5 Å². The molecular formula is C12H17N5O2. The van der Waals surface area contributed by atoms with Crippen LogP contribution in [-0.2, 0) is 0 Å². The first kappa shape index (κ1) is 12.2. The van der Waals surface area contributed by atoms with Gasteiger partial charge in [0.25, 0.3) is 0 Å². The predicted octanol–water partition coefficient (Wildman–Crippen LogP) is 0.0772. The SMILES string of the molecule is Cc1nc(N2CCCCC2CO)cc2n[nH]c(=O)n12. The van der Waals surface area contributed by atoms with Gasteiger partial charge in [-0.1, -0.05) is 0 Å². The van der Waals surface area contributed by atoms with Gasteiger partial charge in [0.1, 0.15) is 11.6 Å². The number of aromatic nitrogens is 4. The van der Waals surface area contributed by atoms with Crippen LogP contribution < -0.4 is 10.6 Å². The van der Waals surface area contributed by atoms with Crippen LogP contribution in [0.3, 0.4) is 0 Å². The molecule has 0 aliphatic carbocycles. The Balaban J connectivity index is 2.07. The second-order valence-corrected chi connectivity index (χ2v) is 4.91. The second-order valence-electron chi connectivity index (χ2n) is 4.91. The van der Waals surface area contributed by atoms with Gasteiger partial charge in [-0.15, -0.1) is 0 Å². The van der Waals surface area contributed by atoms with Gasteiger partial charge in [0.15, 0.2) is 5.65 Å². The molecule has 0 spiro atoms. The monoisotopic (exact) mass is 263 g/mol. The third kappa shape index (κ3) is 1.99. The average molecular weight is 263 g/mol. The van der Waals surface area contributed by atoms with E-state index in [2.05, 4.69) is 20.1 Å². The summed E-state index contributed by atoms with van der Waals surface area (Å²) in [6, 6.07) is 1.90. The van der Waals surface area contributed by atoms with Crippen LogP contribution in [0.15, 0.2) is 10.9 Å². The number of nitrogens with zero attached hydrogens (tertiary/aromatic N) is 4. The third-order valence-corrected chi connectivity index (χ3v) is 3.69. The molecule has 1 saturated heterocycles. The molecule has 7 heteroatoms. The normalized spacial score (nSPS) is 20.1. The molecule has 1 atom stereocenters. The Morgan fingerprint density at radius 1 is 1.53 bits per heavy atom. The van der Waals surface area contributed by atoms with E-state index < -0.39 is 0 Å². The van der Waals surface area contributed by atoms with Crippen LogP contribution in [-0.4, -0.2) is 43.9 Å². The molecule has 0 aromatic carbocycles. The number of hydrogen-bond acceptors (Lipinski definition) is 5. The highest BCUT2D eigenvalue weighted by Crippen LogP contribution is 2.23. The summed E-state index contributed by atoms with van der Waals surface area (Å²) in [7, 11) is 0. The van der Waals surface area contributed by atoms with Gasteiger partial charge < -0.3 is 10.0 Å². The molecule has 2 aromatic rings. The van der Waals surface area contributed by atoms with E-state index in [9.17, 15) is 9.90 Å². The topological polar surface area (TPSA) is 86.5 Å². The highest BCUT2D eigenvalue weighted by Gasteiger charge is 2.23. The Kier molecular flexibility index (Phi) is 2.98. The number of aryl methyl sites for hydroxylation is 1. The van der Waals surface area contributed by atoms with Crippen molar-refractivity contribution in [2.75, 3.05) is 18.1 Å². The Morgan fingerprint density at radius 2 is 2.37 bits per heavy atom. The number of piperidine rings is 1. The molecule has 1 aliphatic rings. The zero-order chi connectivity index (χ0) is 13.4. The Morgan fingerprint density at radius 3 is 3.16 bits per heavy atom. The molecule has 0 amide bonds. The molecule has 3 heterocycles. The molecule has 0 radical (unpaired) electrons. The van der Waals surface area contributed by atoms with E-state index in [0.717, 1.165) is 31.6 Å². The van der Waals surface area contributed by atoms with Gasteiger partial charge in [-0.25, -0.2) is 19.3 Å². The zero-order valence-corrected chi connectivity index (χ0v) is 10.8. The Hall–Kier alpha value is -1.89. The molecule has 1 fully saturated rings. The smallest absolute Gasteiger partial charge is 0.349 e. The van der Waals surface area contributed by atoms with Crippen molar-refractivity contribution in [1.29, 1.82) is 0 Å². The standard InChI is InChI=1S/C12H17N5O2/c1-8-13-10(6-11-14-15-12(19)17(8)11)16-5-3-2-4-9(16)7-18/h6,9,18H,2-5,7H2,1H3,(H,15,19). The molecule has 1 unspecified atom stereocenters. The van der Waals surface area contributed by atoms with Crippen molar-refractivity contribution in [1.82, 2.24) is 19.6 Å². The largest absolute Gasteiger partial charge is 0.394 e. The fourth-order valence-electron chi connectivity index (χ4n) is 2.72. The lowest BCUT2D eigenvalue weighted by molar-refractivity contribution is 0.239. The van der Waals surface area contributed by atoms with E-state index in [4.69, 9.17) is 0 Å². The number of aliphatic hydroxyl groups excluding tert-OH is 1. The van der Waals surface area contributed by atoms with Gasteiger partial charge in [0.2, 0.25) is 0 Å². The molecule has 0 saturated carbocycles. The minimum atomic E-state index is -0.274. The number of fused-ring (bicyclic) bond motifs is 1. The lowest BCUT2D eigenvalue weighted by atomic mass is 10.0. The van der Waals surface area contributed by atoms with Crippen molar-refractivity contribution in [3.8, 4) is 0 Å². The van der Waals surface area contributed by atoms with Crippen LogP contribution in [0.4, 0.5) is 5.82 Å². The molecule has 3 rings (SSSR count). The van der Waals surface area contributed by atoms with Gasteiger partial charge in [-0.3, -0.25) is 0 Å². The quantitative estimate of drug-likeness (QED) is 0.801. The predicted molar refractivity (Wildman–Crippen MR) is 70.4 cm³/mol. The minimum Gasteiger partial charge on any atom is -0.394 e. The van der Waals surface area contributed by atoms with E-state index in [1.807, 2.05) is 0 Å². The molecule has 19 heavy (non-hydrogen) atoms. The van der Waals surface area contributed by atoms with Crippen LogP contribution in [0.2, 0.25) is 0 Å². The van der Waals surface area contributed by atoms with Crippen LogP contribution in [0.25, 0.3) is 5.65 Å². The Bertz CT molecular complexity index is 647. The van der Waals surface area contributed by atoms with E-state index in [1.165, 1.54) is 4.40 Å². The van der Waals surface area contributed by atoms with Gasteiger partial charge >= 0.3 is 5.69 Å². The van der Waals surface area contributed by atoms with Crippen molar-refractivity contribution < 1.29 is 5.11 Å². The van der Waals surface area contributed by atoms with Gasteiger partial charge in [0, 0.05) is 12.6 Å². The first-order valence-electron chi connectivity index (χ1n) is 6.53. The number of aliphatic hydroxyl groups is 1. The van der Waals surface area contributed by atoms with Crippen LogP contribution >= 0.6 is 0 Å². The zero-order valence-electron chi connectivity index (χ0n) is 10.8. The fraction of sp³-hybridized carbons (Fsp3) is 0.583. The summed E-state index contributed by atoms with van der Waals surface area (Å²) in [6.07, 6.45) is 3.19. The fourth-order valence-corrected chi connectivity index (χ4v) is 2.72. The van der Waals surface area contributed by atoms with E-state index >= 15 is 0 Å². The molecule has 102 valence electrons. The summed E-state index contributed by atoms with van der Waals surface area (Å²) in [5, 5.41) is 15.9. The summed E-state index contributed by atoms with van der Waals surface area (Å²) < 4.78 is 1.45. The summed E-state index contributed by atoms with van der Waals surface area (Å²) in [5.74, 6) is 1.39. The number of aromatic amines is 1. The van der Waals surface area contributed by atoms with E-state index in [-0.39, 0.29) is 18.3 Å². The second kappa shape index (κ2) is 4.65. The highest BCUT2D eigenvalue weighted by atomic mass is 16.3. The highest BCUT2D eigenvalue weighted by molar-refractivity contribution is 5.52. The molecule has 2 aromatic heterocycles. The first-order chi connectivity index (χ1) is 9.20. The number of hydrogen-bond donors (Lipinski definition) is 2. The maximum Gasteiger partial charge on any atom is 0.349 e. The van der Waals surface area contributed by atoms with Gasteiger partial charge in [0.05, 0.1) is 12.6 Å². The van der Waals surface area contributed by atoms with Gasteiger partial charge in [-0.05, 0) is 26.2 Å². The number of rotatable bonds is 2. The lowest BCUT2D eigenvalue weighted by Crippen LogP contribution is -2.42. The van der Waals surface area contributed by atoms with Crippen molar-refractivity contribution in [3.05, 3.63) is 22.4 Å². The van der Waals surface area contributed by atoms with E-state index in [1.54, 1.807) is 13.0 Å². The first-order valence-corrected chi connectivity index (χ1v) is 6.53. The van der Waals surface area contributed by atoms with Crippen molar-refractivity contribution in [3.63, 3.8) is 0 Å². The summed E-state index contributed by atoms with van der Waals surface area (Å²) in [5.41, 5.74) is 0.290. The summed E-state index contributed by atoms with van der Waals surface area (Å²) in [6.45, 7) is 2.78. The summed E-state index contributed by atoms with van der Waals surface area (Å²) in [4.78, 5) is 18.1. The van der Waals surface area contributed by atoms with Crippen LogP contribution in [0.5, 0.6) is 0 Å². The minimum absolute atomic E-state index is 0.105.